The molecule has 2 amide bonds. The molecule has 0 bridgehead atoms. The number of carbonyl (C=O) groups excluding carboxylic acids is 2. The Bertz CT molecular complexity index is 1080. The third-order valence-electron chi connectivity index (χ3n) is 8.01. The second kappa shape index (κ2) is 8.46. The van der Waals surface area contributed by atoms with Crippen LogP contribution in [0.1, 0.15) is 43.7 Å². The predicted octanol–water partition coefficient (Wildman–Crippen LogP) is 3.87. The Balaban J connectivity index is 1.24. The molecule has 0 spiro atoms. The lowest BCUT2D eigenvalue weighted by atomic mass is 9.98. The first-order valence-corrected chi connectivity index (χ1v) is 11.9. The molecule has 0 aromatic heterocycles. The highest BCUT2D eigenvalue weighted by Crippen LogP contribution is 2.62. The van der Waals surface area contributed by atoms with Gasteiger partial charge in [-0.2, -0.15) is 0 Å². The maximum atomic E-state index is 13.1. The van der Waals surface area contributed by atoms with Crippen molar-refractivity contribution in [3.8, 4) is 11.1 Å². The van der Waals surface area contributed by atoms with Gasteiger partial charge in [-0.15, -0.1) is 0 Å². The van der Waals surface area contributed by atoms with Crippen LogP contribution >= 0.6 is 0 Å². The Morgan fingerprint density at radius 2 is 1.59 bits per heavy atom. The minimum absolute atomic E-state index is 0.0353. The molecule has 5 rings (SSSR count). The SMILES string of the molecule is CC1(C)C2CN(C(=O)C(CCC(=O)O)NC(=O)OCC3c4ccccc4-c4ccccc43)CC21. The summed E-state index contributed by atoms with van der Waals surface area (Å²) < 4.78 is 5.58. The van der Waals surface area contributed by atoms with Crippen LogP contribution in [0.3, 0.4) is 0 Å². The number of fused-ring (bicyclic) bond motifs is 4. The van der Waals surface area contributed by atoms with Gasteiger partial charge in [0.15, 0.2) is 0 Å². The van der Waals surface area contributed by atoms with Gasteiger partial charge >= 0.3 is 12.1 Å². The number of rotatable bonds is 7. The van der Waals surface area contributed by atoms with E-state index in [1.165, 1.54) is 0 Å². The first-order valence-electron chi connectivity index (χ1n) is 11.9. The van der Waals surface area contributed by atoms with Gasteiger partial charge in [-0.1, -0.05) is 62.4 Å². The van der Waals surface area contributed by atoms with Crippen molar-refractivity contribution >= 4 is 18.0 Å². The van der Waals surface area contributed by atoms with Crippen LogP contribution in [0.15, 0.2) is 48.5 Å². The lowest BCUT2D eigenvalue weighted by molar-refractivity contribution is -0.138. The van der Waals surface area contributed by atoms with E-state index in [-0.39, 0.29) is 36.7 Å². The van der Waals surface area contributed by atoms with Crippen LogP contribution in [0, 0.1) is 17.3 Å². The molecule has 1 heterocycles. The van der Waals surface area contributed by atoms with E-state index in [2.05, 4.69) is 31.3 Å². The van der Waals surface area contributed by atoms with Crippen LogP contribution in [0.25, 0.3) is 11.1 Å². The van der Waals surface area contributed by atoms with Crippen molar-refractivity contribution in [1.82, 2.24) is 10.2 Å². The number of hydrogen-bond donors (Lipinski definition) is 2. The van der Waals surface area contributed by atoms with E-state index in [4.69, 9.17) is 9.84 Å². The van der Waals surface area contributed by atoms with Gasteiger partial charge in [0.25, 0.3) is 0 Å². The first kappa shape index (κ1) is 22.4. The summed E-state index contributed by atoms with van der Waals surface area (Å²) in [6.07, 6.45) is -0.866. The van der Waals surface area contributed by atoms with Gasteiger partial charge in [-0.25, -0.2) is 4.79 Å². The molecule has 2 aromatic carbocycles. The lowest BCUT2D eigenvalue weighted by Gasteiger charge is -2.27. The van der Waals surface area contributed by atoms with Gasteiger partial charge in [0.2, 0.25) is 5.91 Å². The van der Waals surface area contributed by atoms with Crippen molar-refractivity contribution in [2.75, 3.05) is 19.7 Å². The molecule has 2 aliphatic carbocycles. The summed E-state index contributed by atoms with van der Waals surface area (Å²) in [5, 5.41) is 11.8. The third-order valence-corrected chi connectivity index (χ3v) is 8.01. The van der Waals surface area contributed by atoms with E-state index in [0.29, 0.717) is 24.9 Å². The summed E-state index contributed by atoms with van der Waals surface area (Å²) in [5.41, 5.74) is 4.74. The fraction of sp³-hybridized carbons (Fsp3) is 0.444. The van der Waals surface area contributed by atoms with Gasteiger partial charge in [-0.3, -0.25) is 9.59 Å². The molecule has 3 aliphatic rings. The van der Waals surface area contributed by atoms with Gasteiger partial charge in [-0.05, 0) is 45.9 Å². The van der Waals surface area contributed by atoms with Crippen molar-refractivity contribution in [3.05, 3.63) is 59.7 Å². The molecule has 7 heteroatoms. The minimum Gasteiger partial charge on any atom is -0.481 e. The number of alkyl carbamates (subject to hydrolysis) is 1. The number of hydrogen-bond acceptors (Lipinski definition) is 4. The number of carbonyl (C=O) groups is 3. The molecule has 1 saturated heterocycles. The molecule has 2 aromatic rings. The number of nitrogens with zero attached hydrogens (tertiary/aromatic N) is 1. The Kier molecular flexibility index (Phi) is 5.58. The van der Waals surface area contributed by atoms with Crippen LogP contribution in [-0.2, 0) is 14.3 Å². The predicted molar refractivity (Wildman–Crippen MR) is 126 cm³/mol. The van der Waals surface area contributed by atoms with E-state index >= 15 is 0 Å². The van der Waals surface area contributed by atoms with Crippen molar-refractivity contribution in [2.45, 2.75) is 38.6 Å². The zero-order chi connectivity index (χ0) is 24.0. The summed E-state index contributed by atoms with van der Waals surface area (Å²) in [5.74, 6) is -0.355. The van der Waals surface area contributed by atoms with E-state index in [0.717, 1.165) is 22.3 Å². The van der Waals surface area contributed by atoms with Crippen molar-refractivity contribution < 1.29 is 24.2 Å². The summed E-state index contributed by atoms with van der Waals surface area (Å²) >= 11 is 0. The topological polar surface area (TPSA) is 95.9 Å². The van der Waals surface area contributed by atoms with Crippen molar-refractivity contribution in [1.29, 1.82) is 0 Å². The summed E-state index contributed by atoms with van der Waals surface area (Å²) in [7, 11) is 0. The number of ether oxygens (including phenoxy) is 1. The van der Waals surface area contributed by atoms with Crippen LogP contribution < -0.4 is 5.32 Å². The fourth-order valence-electron chi connectivity index (χ4n) is 5.84. The smallest absolute Gasteiger partial charge is 0.407 e. The van der Waals surface area contributed by atoms with Crippen molar-refractivity contribution in [2.24, 2.45) is 17.3 Å². The average Bonchev–Trinajstić information content (AvgIpc) is 3.19. The molecule has 1 aliphatic heterocycles. The first-order chi connectivity index (χ1) is 16.3. The minimum atomic E-state index is -1.00. The summed E-state index contributed by atoms with van der Waals surface area (Å²) in [4.78, 5) is 38.7. The molecule has 3 atom stereocenters. The standard InChI is InChI=1S/C27H30N2O5/c1-27(2)21-13-29(14-22(21)27)25(32)23(11-12-24(30)31)28-26(33)34-15-20-18-9-5-3-7-16(18)17-8-4-6-10-19(17)20/h3-10,20-23H,11-15H2,1-2H3,(H,28,33)(H,30,31). The monoisotopic (exact) mass is 462 g/mol. The van der Waals surface area contributed by atoms with Gasteiger partial charge in [0, 0.05) is 25.4 Å². The van der Waals surface area contributed by atoms with Crippen LogP contribution in [0.4, 0.5) is 4.79 Å². The third kappa shape index (κ3) is 3.93. The van der Waals surface area contributed by atoms with Crippen LogP contribution in [0.5, 0.6) is 0 Å². The molecule has 2 fully saturated rings. The number of benzene rings is 2. The number of amides is 2. The maximum Gasteiger partial charge on any atom is 0.407 e. The van der Waals surface area contributed by atoms with Crippen LogP contribution in [0.2, 0.25) is 0 Å². The van der Waals surface area contributed by atoms with Crippen LogP contribution in [-0.4, -0.2) is 53.7 Å². The molecule has 178 valence electrons. The quantitative estimate of drug-likeness (QED) is 0.651. The number of piperidine rings is 1. The molecule has 1 saturated carbocycles. The summed E-state index contributed by atoms with van der Waals surface area (Å²) in [6, 6.07) is 15.2. The molecule has 3 unspecified atom stereocenters. The highest BCUT2D eigenvalue weighted by atomic mass is 16.5. The summed E-state index contributed by atoms with van der Waals surface area (Å²) in [6.45, 7) is 5.88. The van der Waals surface area contributed by atoms with E-state index < -0.39 is 18.1 Å². The molecule has 2 N–H and O–H groups in total. The zero-order valence-electron chi connectivity index (χ0n) is 19.5. The largest absolute Gasteiger partial charge is 0.481 e. The van der Waals surface area contributed by atoms with E-state index in [1.54, 1.807) is 4.90 Å². The Hall–Kier alpha value is -3.35. The Morgan fingerprint density at radius 1 is 1.03 bits per heavy atom. The molecule has 34 heavy (non-hydrogen) atoms. The second-order valence-electron chi connectivity index (χ2n) is 10.2. The highest BCUT2D eigenvalue weighted by Gasteiger charge is 2.62. The molecular formula is C27H30N2O5. The molecular weight excluding hydrogens is 432 g/mol. The van der Waals surface area contributed by atoms with Gasteiger partial charge < -0.3 is 20.1 Å². The lowest BCUT2D eigenvalue weighted by Crippen LogP contribution is -2.49. The molecule has 7 nitrogen and oxygen atoms in total. The second-order valence-corrected chi connectivity index (χ2v) is 10.2. The maximum absolute atomic E-state index is 13.1. The average molecular weight is 463 g/mol. The Labute approximate surface area is 199 Å². The zero-order valence-corrected chi connectivity index (χ0v) is 19.5. The van der Waals surface area contributed by atoms with E-state index in [1.807, 2.05) is 36.4 Å². The fourth-order valence-corrected chi connectivity index (χ4v) is 5.84. The van der Waals surface area contributed by atoms with Crippen molar-refractivity contribution in [3.63, 3.8) is 0 Å². The number of carboxylic acid groups (broad SMARTS) is 1. The molecule has 0 radical (unpaired) electrons. The number of nitrogens with one attached hydrogen (secondary N) is 1. The number of likely N-dealkylation sites (tertiary alicyclic amines) is 1. The number of carboxylic acids is 1. The van der Waals surface area contributed by atoms with Gasteiger partial charge in [0.05, 0.1) is 0 Å². The normalized spacial score (nSPS) is 22.4. The van der Waals surface area contributed by atoms with E-state index in [9.17, 15) is 14.4 Å². The highest BCUT2D eigenvalue weighted by molar-refractivity contribution is 5.87. The number of aliphatic carboxylic acids is 1. The Morgan fingerprint density at radius 3 is 2.15 bits per heavy atom. The van der Waals surface area contributed by atoms with Gasteiger partial charge in [0.1, 0.15) is 12.6 Å².